The maximum Gasteiger partial charge on any atom is 0.259 e. The quantitative estimate of drug-likeness (QED) is 0.682. The summed E-state index contributed by atoms with van der Waals surface area (Å²) in [4.78, 5) is 36.9. The molecule has 1 saturated carbocycles. The van der Waals surface area contributed by atoms with Crippen LogP contribution in [0.3, 0.4) is 0 Å². The summed E-state index contributed by atoms with van der Waals surface area (Å²) in [5, 5.41) is 3.46. The first kappa shape index (κ1) is 21.8. The predicted molar refractivity (Wildman–Crippen MR) is 121 cm³/mol. The van der Waals surface area contributed by atoms with Gasteiger partial charge in [-0.05, 0) is 69.2 Å². The van der Waals surface area contributed by atoms with Crippen molar-refractivity contribution in [1.29, 1.82) is 0 Å². The van der Waals surface area contributed by atoms with E-state index in [2.05, 4.69) is 15.3 Å². The third-order valence-corrected chi connectivity index (χ3v) is 6.66. The number of carbonyl (C=O) groups excluding carboxylic acids is 2. The number of aromatic nitrogens is 2. The van der Waals surface area contributed by atoms with E-state index in [-0.39, 0.29) is 17.9 Å². The zero-order valence-electron chi connectivity index (χ0n) is 17.9. The average Bonchev–Trinajstić information content (AvgIpc) is 3.28. The number of benzene rings is 1. The van der Waals surface area contributed by atoms with Crippen molar-refractivity contribution in [3.63, 3.8) is 0 Å². The summed E-state index contributed by atoms with van der Waals surface area (Å²) in [6.45, 7) is 2.58. The van der Waals surface area contributed by atoms with Gasteiger partial charge in [0, 0.05) is 29.9 Å². The van der Waals surface area contributed by atoms with Gasteiger partial charge in [-0.25, -0.2) is 9.97 Å². The Kier molecular flexibility index (Phi) is 6.86. The number of piperidine rings is 1. The van der Waals surface area contributed by atoms with Crippen LogP contribution >= 0.6 is 11.6 Å². The molecular formula is C24H29ClN4O2. The highest BCUT2D eigenvalue weighted by atomic mass is 35.5. The second-order valence-corrected chi connectivity index (χ2v) is 9.08. The SMILES string of the molecule is Cc1nc([C@@H]2CCCCN2C(=O)CC2CCCC2)ncc1C(=O)Nc1ccc(Cl)cc1. The molecule has 0 spiro atoms. The Bertz CT molecular complexity index is 941. The number of carbonyl (C=O) groups is 2. The Morgan fingerprint density at radius 1 is 1.10 bits per heavy atom. The Morgan fingerprint density at radius 3 is 2.52 bits per heavy atom. The van der Waals surface area contributed by atoms with Crippen LogP contribution in [-0.2, 0) is 4.79 Å². The minimum atomic E-state index is -0.260. The number of likely N-dealkylation sites (tertiary alicyclic amines) is 1. The lowest BCUT2D eigenvalue weighted by Gasteiger charge is -2.35. The van der Waals surface area contributed by atoms with Crippen LogP contribution in [0.2, 0.25) is 5.02 Å². The maximum absolute atomic E-state index is 13.0. The van der Waals surface area contributed by atoms with Crippen molar-refractivity contribution < 1.29 is 9.59 Å². The largest absolute Gasteiger partial charge is 0.332 e. The predicted octanol–water partition coefficient (Wildman–Crippen LogP) is 5.32. The van der Waals surface area contributed by atoms with Crippen molar-refractivity contribution in [2.24, 2.45) is 5.92 Å². The first-order valence-corrected chi connectivity index (χ1v) is 11.6. The fraction of sp³-hybridized carbons (Fsp3) is 0.500. The smallest absolute Gasteiger partial charge is 0.259 e. The Labute approximate surface area is 188 Å². The molecule has 1 aromatic carbocycles. The fourth-order valence-corrected chi connectivity index (χ4v) is 4.80. The molecule has 1 N–H and O–H groups in total. The molecule has 31 heavy (non-hydrogen) atoms. The minimum absolute atomic E-state index is 0.102. The summed E-state index contributed by atoms with van der Waals surface area (Å²) in [5.41, 5.74) is 1.71. The van der Waals surface area contributed by atoms with Gasteiger partial charge in [-0.15, -0.1) is 0 Å². The fourth-order valence-electron chi connectivity index (χ4n) is 4.68. The van der Waals surface area contributed by atoms with E-state index < -0.39 is 0 Å². The van der Waals surface area contributed by atoms with E-state index in [1.54, 1.807) is 30.5 Å². The van der Waals surface area contributed by atoms with Crippen LogP contribution in [0.15, 0.2) is 30.5 Å². The number of anilines is 1. The van der Waals surface area contributed by atoms with Crippen LogP contribution < -0.4 is 5.32 Å². The van der Waals surface area contributed by atoms with E-state index in [1.807, 2.05) is 11.8 Å². The van der Waals surface area contributed by atoms with Gasteiger partial charge in [-0.1, -0.05) is 24.4 Å². The number of amides is 2. The maximum atomic E-state index is 13.0. The Balaban J connectivity index is 1.47. The third-order valence-electron chi connectivity index (χ3n) is 6.40. The minimum Gasteiger partial charge on any atom is -0.332 e. The molecule has 2 fully saturated rings. The van der Waals surface area contributed by atoms with Crippen molar-refractivity contribution >= 4 is 29.1 Å². The topological polar surface area (TPSA) is 75.2 Å². The molecule has 0 bridgehead atoms. The summed E-state index contributed by atoms with van der Waals surface area (Å²) in [5.74, 6) is 1.13. The molecular weight excluding hydrogens is 412 g/mol. The van der Waals surface area contributed by atoms with Gasteiger partial charge in [0.25, 0.3) is 5.91 Å². The normalized spacial score (nSPS) is 19.4. The number of hydrogen-bond donors (Lipinski definition) is 1. The van der Waals surface area contributed by atoms with Gasteiger partial charge < -0.3 is 10.2 Å². The van der Waals surface area contributed by atoms with Gasteiger partial charge in [-0.2, -0.15) is 0 Å². The van der Waals surface area contributed by atoms with Gasteiger partial charge in [0.05, 0.1) is 17.3 Å². The van der Waals surface area contributed by atoms with E-state index in [4.69, 9.17) is 11.6 Å². The van der Waals surface area contributed by atoms with Gasteiger partial charge in [0.15, 0.2) is 5.82 Å². The summed E-state index contributed by atoms with van der Waals surface area (Å²) < 4.78 is 0. The first-order valence-electron chi connectivity index (χ1n) is 11.2. The molecule has 0 radical (unpaired) electrons. The molecule has 0 unspecified atom stereocenters. The Morgan fingerprint density at radius 2 is 1.81 bits per heavy atom. The van der Waals surface area contributed by atoms with E-state index in [9.17, 15) is 9.59 Å². The number of nitrogens with one attached hydrogen (secondary N) is 1. The molecule has 1 atom stereocenters. The van der Waals surface area contributed by atoms with Gasteiger partial charge >= 0.3 is 0 Å². The van der Waals surface area contributed by atoms with Crippen LogP contribution in [0.25, 0.3) is 0 Å². The van der Waals surface area contributed by atoms with Gasteiger partial charge in [0.1, 0.15) is 0 Å². The van der Waals surface area contributed by atoms with E-state index in [0.29, 0.717) is 40.1 Å². The van der Waals surface area contributed by atoms with Crippen LogP contribution in [0.4, 0.5) is 5.69 Å². The second-order valence-electron chi connectivity index (χ2n) is 8.64. The molecule has 2 heterocycles. The van der Waals surface area contributed by atoms with Crippen molar-refractivity contribution in [3.8, 4) is 0 Å². The molecule has 1 aromatic heterocycles. The van der Waals surface area contributed by atoms with Crippen molar-refractivity contribution in [2.75, 3.05) is 11.9 Å². The summed E-state index contributed by atoms with van der Waals surface area (Å²) in [6, 6.07) is 6.85. The zero-order chi connectivity index (χ0) is 21.8. The summed E-state index contributed by atoms with van der Waals surface area (Å²) in [7, 11) is 0. The molecule has 164 valence electrons. The second kappa shape index (κ2) is 9.77. The average molecular weight is 441 g/mol. The van der Waals surface area contributed by atoms with E-state index in [1.165, 1.54) is 12.8 Å². The summed E-state index contributed by atoms with van der Waals surface area (Å²) in [6.07, 6.45) is 9.97. The van der Waals surface area contributed by atoms with E-state index >= 15 is 0 Å². The number of nitrogens with zero attached hydrogens (tertiary/aromatic N) is 3. The van der Waals surface area contributed by atoms with Crippen LogP contribution in [0.5, 0.6) is 0 Å². The molecule has 4 rings (SSSR count). The summed E-state index contributed by atoms with van der Waals surface area (Å²) >= 11 is 5.90. The van der Waals surface area contributed by atoms with E-state index in [0.717, 1.165) is 38.6 Å². The van der Waals surface area contributed by atoms with Crippen LogP contribution in [-0.4, -0.2) is 33.2 Å². The highest BCUT2D eigenvalue weighted by molar-refractivity contribution is 6.30. The molecule has 2 aliphatic rings. The monoisotopic (exact) mass is 440 g/mol. The molecule has 2 aromatic rings. The number of aryl methyl sites for hydroxylation is 1. The third kappa shape index (κ3) is 5.24. The van der Waals surface area contributed by atoms with Gasteiger partial charge in [-0.3, -0.25) is 9.59 Å². The number of rotatable bonds is 5. The zero-order valence-corrected chi connectivity index (χ0v) is 18.7. The standard InChI is InChI=1S/C24H29ClN4O2/c1-16-20(24(31)28-19-11-9-18(25)10-12-19)15-26-23(27-16)21-8-4-5-13-29(21)22(30)14-17-6-2-3-7-17/h9-12,15,17,21H,2-8,13-14H2,1H3,(H,28,31)/t21-/m0/s1. The molecule has 1 saturated heterocycles. The molecule has 6 nitrogen and oxygen atoms in total. The lowest BCUT2D eigenvalue weighted by molar-refractivity contribution is -0.136. The van der Waals surface area contributed by atoms with Gasteiger partial charge in [0.2, 0.25) is 5.91 Å². The van der Waals surface area contributed by atoms with Crippen LogP contribution in [0, 0.1) is 12.8 Å². The lowest BCUT2D eigenvalue weighted by atomic mass is 9.97. The highest BCUT2D eigenvalue weighted by Gasteiger charge is 2.32. The van der Waals surface area contributed by atoms with Crippen molar-refractivity contribution in [2.45, 2.75) is 64.3 Å². The lowest BCUT2D eigenvalue weighted by Crippen LogP contribution is -2.40. The molecule has 1 aliphatic heterocycles. The first-order chi connectivity index (χ1) is 15.0. The van der Waals surface area contributed by atoms with Crippen molar-refractivity contribution in [3.05, 3.63) is 52.6 Å². The number of hydrogen-bond acceptors (Lipinski definition) is 4. The highest BCUT2D eigenvalue weighted by Crippen LogP contribution is 2.33. The van der Waals surface area contributed by atoms with Crippen molar-refractivity contribution in [1.82, 2.24) is 14.9 Å². The molecule has 7 heteroatoms. The van der Waals surface area contributed by atoms with Crippen LogP contribution in [0.1, 0.15) is 79.3 Å². The Hall–Kier alpha value is -2.47. The molecule has 2 amide bonds. The molecule has 1 aliphatic carbocycles. The number of halogens is 1.